The van der Waals surface area contributed by atoms with E-state index in [1.54, 1.807) is 6.92 Å². The minimum atomic E-state index is -1.07. The minimum absolute atomic E-state index is 0.00954. The number of likely N-dealkylation sites (tertiary alicyclic amines) is 1. The zero-order valence-corrected chi connectivity index (χ0v) is 9.85. The molecule has 0 radical (unpaired) electrons. The highest BCUT2D eigenvalue weighted by atomic mass is 16.5. The Balaban J connectivity index is 2.86. The number of hydrogen-bond donors (Lipinski definition) is 1. The van der Waals surface area contributed by atoms with Crippen LogP contribution in [-0.4, -0.2) is 48.1 Å². The Morgan fingerprint density at radius 3 is 2.76 bits per heavy atom. The lowest BCUT2D eigenvalue weighted by atomic mass is 9.77. The predicted molar refractivity (Wildman–Crippen MR) is 58.6 cm³/mol. The summed E-state index contributed by atoms with van der Waals surface area (Å²) in [5.41, 5.74) is -0.992. The number of carbonyl (C=O) groups excluding carboxylic acids is 2. The van der Waals surface area contributed by atoms with Crippen LogP contribution in [0.5, 0.6) is 0 Å². The molecule has 0 spiro atoms. The molecule has 1 amide bonds. The van der Waals surface area contributed by atoms with Crippen molar-refractivity contribution < 1.29 is 24.2 Å². The fraction of sp³-hybridized carbons (Fsp3) is 0.727. The smallest absolute Gasteiger partial charge is 0.407 e. The number of nitrogens with zero attached hydrogens (tertiary/aromatic N) is 1. The van der Waals surface area contributed by atoms with Crippen LogP contribution < -0.4 is 0 Å². The number of carboxylic acid groups (broad SMARTS) is 1. The lowest BCUT2D eigenvalue weighted by molar-refractivity contribution is -0.159. The second-order valence-electron chi connectivity index (χ2n) is 4.18. The molecule has 0 aromatic heterocycles. The largest absolute Gasteiger partial charge is 0.466 e. The number of aldehydes is 1. The maximum atomic E-state index is 11.9. The molecule has 0 saturated carbocycles. The number of amides is 1. The summed E-state index contributed by atoms with van der Waals surface area (Å²) in [5, 5.41) is 8.94. The zero-order valence-electron chi connectivity index (χ0n) is 9.85. The first-order valence-corrected chi connectivity index (χ1v) is 5.64. The van der Waals surface area contributed by atoms with Gasteiger partial charge in [0.25, 0.3) is 0 Å². The maximum Gasteiger partial charge on any atom is 0.407 e. The summed E-state index contributed by atoms with van der Waals surface area (Å²) in [7, 11) is 0. The third kappa shape index (κ3) is 2.95. The van der Waals surface area contributed by atoms with Crippen molar-refractivity contribution in [3.05, 3.63) is 0 Å². The molecule has 17 heavy (non-hydrogen) atoms. The SMILES string of the molecule is CCOC(=O)C1(CC=O)CCCN(C(=O)O)C1. The fourth-order valence-electron chi connectivity index (χ4n) is 2.16. The summed E-state index contributed by atoms with van der Waals surface area (Å²) in [6.07, 6.45) is 0.662. The first-order chi connectivity index (χ1) is 8.05. The topological polar surface area (TPSA) is 83.9 Å². The van der Waals surface area contributed by atoms with Crippen molar-refractivity contribution >= 4 is 18.3 Å². The molecule has 6 heteroatoms. The Morgan fingerprint density at radius 1 is 1.53 bits per heavy atom. The van der Waals surface area contributed by atoms with E-state index in [0.29, 0.717) is 25.7 Å². The Bertz CT molecular complexity index is 317. The lowest BCUT2D eigenvalue weighted by Crippen LogP contribution is -2.50. The van der Waals surface area contributed by atoms with Crippen LogP contribution in [0.4, 0.5) is 4.79 Å². The molecule has 96 valence electrons. The van der Waals surface area contributed by atoms with E-state index in [1.807, 2.05) is 0 Å². The summed E-state index contributed by atoms with van der Waals surface area (Å²) >= 11 is 0. The van der Waals surface area contributed by atoms with Gasteiger partial charge in [-0.15, -0.1) is 0 Å². The molecule has 1 aliphatic heterocycles. The van der Waals surface area contributed by atoms with E-state index in [1.165, 1.54) is 4.90 Å². The monoisotopic (exact) mass is 243 g/mol. The van der Waals surface area contributed by atoms with Gasteiger partial charge in [-0.2, -0.15) is 0 Å². The standard InChI is InChI=1S/C11H17NO5/c1-2-17-9(14)11(5-7-13)4-3-6-12(8-11)10(15)16/h7H,2-6,8H2,1H3,(H,15,16). The molecule has 0 bridgehead atoms. The van der Waals surface area contributed by atoms with Crippen LogP contribution >= 0.6 is 0 Å². The molecule has 1 atom stereocenters. The van der Waals surface area contributed by atoms with Gasteiger partial charge in [-0.1, -0.05) is 0 Å². The van der Waals surface area contributed by atoms with Gasteiger partial charge in [0.15, 0.2) is 0 Å². The molecule has 1 unspecified atom stereocenters. The molecule has 1 N–H and O–H groups in total. The molecule has 1 rings (SSSR count). The third-order valence-electron chi connectivity index (χ3n) is 3.03. The van der Waals surface area contributed by atoms with E-state index in [-0.39, 0.29) is 19.6 Å². The average Bonchev–Trinajstić information content (AvgIpc) is 2.30. The Kier molecular flexibility index (Phi) is 4.48. The molecule has 0 aliphatic carbocycles. The molecular weight excluding hydrogens is 226 g/mol. The quantitative estimate of drug-likeness (QED) is 0.585. The van der Waals surface area contributed by atoms with E-state index in [9.17, 15) is 14.4 Å². The number of rotatable bonds is 4. The van der Waals surface area contributed by atoms with Crippen LogP contribution in [0.1, 0.15) is 26.2 Å². The second-order valence-corrected chi connectivity index (χ2v) is 4.18. The van der Waals surface area contributed by atoms with Gasteiger partial charge in [0, 0.05) is 19.5 Å². The summed E-state index contributed by atoms with van der Waals surface area (Å²) in [4.78, 5) is 34.7. The van der Waals surface area contributed by atoms with Crippen LogP contribution in [0.25, 0.3) is 0 Å². The van der Waals surface area contributed by atoms with Gasteiger partial charge >= 0.3 is 12.1 Å². The summed E-state index contributed by atoms with van der Waals surface area (Å²) in [5.74, 6) is -0.474. The number of hydrogen-bond acceptors (Lipinski definition) is 4. The normalized spacial score (nSPS) is 24.2. The van der Waals surface area contributed by atoms with Gasteiger partial charge in [0.2, 0.25) is 0 Å². The third-order valence-corrected chi connectivity index (χ3v) is 3.03. The number of carbonyl (C=O) groups is 3. The van der Waals surface area contributed by atoms with Crippen molar-refractivity contribution in [2.24, 2.45) is 5.41 Å². The van der Waals surface area contributed by atoms with E-state index in [2.05, 4.69) is 0 Å². The fourth-order valence-corrected chi connectivity index (χ4v) is 2.16. The van der Waals surface area contributed by atoms with Gasteiger partial charge in [0.05, 0.1) is 12.0 Å². The highest BCUT2D eigenvalue weighted by Crippen LogP contribution is 2.34. The van der Waals surface area contributed by atoms with Crippen LogP contribution in [0.15, 0.2) is 0 Å². The van der Waals surface area contributed by atoms with Crippen molar-refractivity contribution in [3.8, 4) is 0 Å². The lowest BCUT2D eigenvalue weighted by Gasteiger charge is -2.38. The maximum absolute atomic E-state index is 11.9. The number of esters is 1. The molecule has 1 fully saturated rings. The van der Waals surface area contributed by atoms with Crippen LogP contribution in [0, 0.1) is 5.41 Å². The van der Waals surface area contributed by atoms with Gasteiger partial charge < -0.3 is 19.5 Å². The van der Waals surface area contributed by atoms with Gasteiger partial charge in [-0.05, 0) is 19.8 Å². The minimum Gasteiger partial charge on any atom is -0.466 e. The van der Waals surface area contributed by atoms with Crippen molar-refractivity contribution in [1.82, 2.24) is 4.90 Å². The molecule has 0 aromatic carbocycles. The van der Waals surface area contributed by atoms with E-state index >= 15 is 0 Å². The summed E-state index contributed by atoms with van der Waals surface area (Å²) < 4.78 is 4.95. The molecular formula is C11H17NO5. The van der Waals surface area contributed by atoms with E-state index in [4.69, 9.17) is 9.84 Å². The van der Waals surface area contributed by atoms with Crippen molar-refractivity contribution in [2.75, 3.05) is 19.7 Å². The molecule has 0 aromatic rings. The van der Waals surface area contributed by atoms with Crippen molar-refractivity contribution in [1.29, 1.82) is 0 Å². The first kappa shape index (κ1) is 13.5. The molecule has 1 saturated heterocycles. The van der Waals surface area contributed by atoms with Crippen molar-refractivity contribution in [3.63, 3.8) is 0 Å². The molecule has 6 nitrogen and oxygen atoms in total. The predicted octanol–water partition coefficient (Wildman–Crippen LogP) is 0.899. The molecule has 1 heterocycles. The zero-order chi connectivity index (χ0) is 12.9. The highest BCUT2D eigenvalue weighted by molar-refractivity contribution is 5.81. The van der Waals surface area contributed by atoms with Crippen molar-refractivity contribution in [2.45, 2.75) is 26.2 Å². The van der Waals surface area contributed by atoms with E-state index in [0.717, 1.165) is 0 Å². The Morgan fingerprint density at radius 2 is 2.24 bits per heavy atom. The second kappa shape index (κ2) is 5.65. The van der Waals surface area contributed by atoms with Crippen LogP contribution in [-0.2, 0) is 14.3 Å². The number of ether oxygens (including phenoxy) is 1. The van der Waals surface area contributed by atoms with Gasteiger partial charge in [-0.25, -0.2) is 4.79 Å². The van der Waals surface area contributed by atoms with E-state index < -0.39 is 17.5 Å². The summed E-state index contributed by atoms with van der Waals surface area (Å²) in [6.45, 7) is 2.35. The number of piperidine rings is 1. The van der Waals surface area contributed by atoms with Gasteiger partial charge in [0.1, 0.15) is 6.29 Å². The average molecular weight is 243 g/mol. The van der Waals surface area contributed by atoms with Crippen LogP contribution in [0.3, 0.4) is 0 Å². The highest BCUT2D eigenvalue weighted by Gasteiger charge is 2.44. The molecule has 1 aliphatic rings. The Labute approximate surface area is 99.5 Å². The first-order valence-electron chi connectivity index (χ1n) is 5.64. The summed E-state index contributed by atoms with van der Waals surface area (Å²) in [6, 6.07) is 0. The van der Waals surface area contributed by atoms with Crippen LogP contribution in [0.2, 0.25) is 0 Å². The van der Waals surface area contributed by atoms with Gasteiger partial charge in [-0.3, -0.25) is 4.79 Å². The Hall–Kier alpha value is -1.59.